The van der Waals surface area contributed by atoms with Crippen LogP contribution in [-0.2, 0) is 17.8 Å². The second-order valence-electron chi connectivity index (χ2n) is 3.52. The summed E-state index contributed by atoms with van der Waals surface area (Å²) in [6.45, 7) is 4.71. The number of rotatable bonds is 5. The molecule has 0 saturated carbocycles. The van der Waals surface area contributed by atoms with Crippen molar-refractivity contribution in [3.8, 4) is 0 Å². The molecule has 1 N–H and O–H groups in total. The number of carboxylic acid groups (broad SMARTS) is 1. The highest BCUT2D eigenvalue weighted by Gasteiger charge is 2.13. The second kappa shape index (κ2) is 4.79. The zero-order chi connectivity index (χ0) is 10.6. The van der Waals surface area contributed by atoms with Gasteiger partial charge in [-0.2, -0.15) is 0 Å². The molecule has 1 aromatic rings. The third-order valence-electron chi connectivity index (χ3n) is 2.20. The first kappa shape index (κ1) is 10.8. The summed E-state index contributed by atoms with van der Waals surface area (Å²) >= 11 is 0. The van der Waals surface area contributed by atoms with E-state index in [1.54, 1.807) is 19.4 Å². The lowest BCUT2D eigenvalue weighted by atomic mass is 10.1. The third kappa shape index (κ3) is 2.58. The molecule has 1 aromatic heterocycles. The molecule has 0 aliphatic heterocycles. The molecule has 0 aromatic carbocycles. The molecule has 0 saturated heterocycles. The molecule has 0 fully saturated rings. The van der Waals surface area contributed by atoms with Gasteiger partial charge in [-0.05, 0) is 6.42 Å². The van der Waals surface area contributed by atoms with Crippen molar-refractivity contribution in [2.45, 2.75) is 33.2 Å². The van der Waals surface area contributed by atoms with Gasteiger partial charge in [0.25, 0.3) is 0 Å². The van der Waals surface area contributed by atoms with Crippen LogP contribution in [0.1, 0.15) is 26.0 Å². The average Bonchev–Trinajstić information content (AvgIpc) is 2.53. The van der Waals surface area contributed by atoms with Crippen molar-refractivity contribution in [2.75, 3.05) is 0 Å². The maximum absolute atomic E-state index is 10.7. The highest BCUT2D eigenvalue weighted by Crippen LogP contribution is 2.08. The molecule has 14 heavy (non-hydrogen) atoms. The van der Waals surface area contributed by atoms with Gasteiger partial charge >= 0.3 is 5.97 Å². The molecule has 1 atom stereocenters. The highest BCUT2D eigenvalue weighted by molar-refractivity contribution is 5.69. The van der Waals surface area contributed by atoms with Crippen LogP contribution in [0.2, 0.25) is 0 Å². The van der Waals surface area contributed by atoms with Gasteiger partial charge in [-0.15, -0.1) is 0 Å². The average molecular weight is 196 g/mol. The second-order valence-corrected chi connectivity index (χ2v) is 3.52. The van der Waals surface area contributed by atoms with Crippen molar-refractivity contribution < 1.29 is 9.90 Å². The van der Waals surface area contributed by atoms with E-state index in [4.69, 9.17) is 5.11 Å². The summed E-state index contributed by atoms with van der Waals surface area (Å²) in [6.07, 6.45) is 5.09. The summed E-state index contributed by atoms with van der Waals surface area (Å²) in [5.41, 5.74) is 1.00. The van der Waals surface area contributed by atoms with Crippen molar-refractivity contribution in [3.63, 3.8) is 0 Å². The standard InChI is InChI=1S/C10H16N2O2/c1-3-4-12-7-11-6-9(12)5-8(2)10(13)14/h6-8H,3-5H2,1-2H3,(H,13,14). The lowest BCUT2D eigenvalue weighted by Crippen LogP contribution is -2.14. The molecule has 0 aliphatic carbocycles. The van der Waals surface area contributed by atoms with Gasteiger partial charge in [0.2, 0.25) is 0 Å². The first-order chi connectivity index (χ1) is 6.65. The Morgan fingerprint density at radius 3 is 3.00 bits per heavy atom. The van der Waals surface area contributed by atoms with E-state index in [2.05, 4.69) is 11.9 Å². The highest BCUT2D eigenvalue weighted by atomic mass is 16.4. The fourth-order valence-electron chi connectivity index (χ4n) is 1.36. The van der Waals surface area contributed by atoms with E-state index in [1.165, 1.54) is 0 Å². The molecular weight excluding hydrogens is 180 g/mol. The number of carbonyl (C=O) groups is 1. The van der Waals surface area contributed by atoms with Gasteiger partial charge in [-0.3, -0.25) is 4.79 Å². The minimum atomic E-state index is -0.755. The van der Waals surface area contributed by atoms with Gasteiger partial charge in [0.05, 0.1) is 12.2 Å². The molecule has 0 bridgehead atoms. The summed E-state index contributed by atoms with van der Waals surface area (Å²) in [5.74, 6) is -1.10. The number of carboxylic acids is 1. The summed E-state index contributed by atoms with van der Waals surface area (Å²) in [6, 6.07) is 0. The Morgan fingerprint density at radius 2 is 2.43 bits per heavy atom. The van der Waals surface area contributed by atoms with Crippen LogP contribution in [0.4, 0.5) is 0 Å². The molecule has 0 aliphatic rings. The molecule has 1 rings (SSSR count). The van der Waals surface area contributed by atoms with Crippen molar-refractivity contribution in [1.29, 1.82) is 0 Å². The minimum Gasteiger partial charge on any atom is -0.481 e. The fraction of sp³-hybridized carbons (Fsp3) is 0.600. The van der Waals surface area contributed by atoms with Crippen LogP contribution < -0.4 is 0 Å². The SMILES string of the molecule is CCCn1cncc1CC(C)C(=O)O. The van der Waals surface area contributed by atoms with Crippen molar-refractivity contribution >= 4 is 5.97 Å². The number of aryl methyl sites for hydroxylation is 1. The maximum Gasteiger partial charge on any atom is 0.306 e. The molecule has 78 valence electrons. The Bertz CT molecular complexity index is 307. The van der Waals surface area contributed by atoms with Crippen LogP contribution in [0, 0.1) is 5.92 Å². The van der Waals surface area contributed by atoms with Crippen LogP contribution in [0.25, 0.3) is 0 Å². The zero-order valence-electron chi connectivity index (χ0n) is 8.60. The first-order valence-corrected chi connectivity index (χ1v) is 4.87. The maximum atomic E-state index is 10.7. The van der Waals surface area contributed by atoms with Crippen LogP contribution in [0.5, 0.6) is 0 Å². The largest absolute Gasteiger partial charge is 0.481 e. The Kier molecular flexibility index (Phi) is 3.68. The summed E-state index contributed by atoms with van der Waals surface area (Å²) in [7, 11) is 0. The summed E-state index contributed by atoms with van der Waals surface area (Å²) in [4.78, 5) is 14.7. The molecule has 4 heteroatoms. The van der Waals surface area contributed by atoms with Crippen LogP contribution in [0.3, 0.4) is 0 Å². The third-order valence-corrected chi connectivity index (χ3v) is 2.20. The van der Waals surface area contributed by atoms with Crippen LogP contribution in [0.15, 0.2) is 12.5 Å². The quantitative estimate of drug-likeness (QED) is 0.777. The fourth-order valence-corrected chi connectivity index (χ4v) is 1.36. The van der Waals surface area contributed by atoms with Crippen LogP contribution >= 0.6 is 0 Å². The number of hydrogen-bond acceptors (Lipinski definition) is 2. The van der Waals surface area contributed by atoms with Gasteiger partial charge in [0, 0.05) is 24.9 Å². The number of imidazole rings is 1. The van der Waals surface area contributed by atoms with Crippen LogP contribution in [-0.4, -0.2) is 20.6 Å². The number of aliphatic carboxylic acids is 1. The van der Waals surface area contributed by atoms with E-state index >= 15 is 0 Å². The lowest BCUT2D eigenvalue weighted by Gasteiger charge is -2.08. The number of hydrogen-bond donors (Lipinski definition) is 1. The van der Waals surface area contributed by atoms with E-state index in [0.29, 0.717) is 6.42 Å². The molecular formula is C10H16N2O2. The molecule has 0 radical (unpaired) electrons. The first-order valence-electron chi connectivity index (χ1n) is 4.87. The molecule has 0 spiro atoms. The van der Waals surface area contributed by atoms with Crippen molar-refractivity contribution in [3.05, 3.63) is 18.2 Å². The topological polar surface area (TPSA) is 55.1 Å². The van der Waals surface area contributed by atoms with Crippen molar-refractivity contribution in [1.82, 2.24) is 9.55 Å². The summed E-state index contributed by atoms with van der Waals surface area (Å²) in [5, 5.41) is 8.77. The van der Waals surface area contributed by atoms with Gasteiger partial charge in [0.15, 0.2) is 0 Å². The smallest absolute Gasteiger partial charge is 0.306 e. The summed E-state index contributed by atoms with van der Waals surface area (Å²) < 4.78 is 2.01. The predicted octanol–water partition coefficient (Wildman–Crippen LogP) is 1.56. The van der Waals surface area contributed by atoms with E-state index in [1.807, 2.05) is 4.57 Å². The Morgan fingerprint density at radius 1 is 1.71 bits per heavy atom. The van der Waals surface area contributed by atoms with E-state index in [0.717, 1.165) is 18.7 Å². The Hall–Kier alpha value is -1.32. The minimum absolute atomic E-state index is 0.345. The van der Waals surface area contributed by atoms with E-state index in [-0.39, 0.29) is 5.92 Å². The number of nitrogens with zero attached hydrogens (tertiary/aromatic N) is 2. The molecule has 0 amide bonds. The number of aromatic nitrogens is 2. The normalized spacial score (nSPS) is 12.7. The van der Waals surface area contributed by atoms with E-state index < -0.39 is 5.97 Å². The van der Waals surface area contributed by atoms with Gasteiger partial charge < -0.3 is 9.67 Å². The van der Waals surface area contributed by atoms with Gasteiger partial charge in [-0.1, -0.05) is 13.8 Å². The molecule has 4 nitrogen and oxygen atoms in total. The van der Waals surface area contributed by atoms with Crippen molar-refractivity contribution in [2.24, 2.45) is 5.92 Å². The van der Waals surface area contributed by atoms with E-state index in [9.17, 15) is 4.79 Å². The molecule has 1 heterocycles. The Labute approximate surface area is 83.6 Å². The Balaban J connectivity index is 2.66. The van der Waals surface area contributed by atoms with Gasteiger partial charge in [0.1, 0.15) is 0 Å². The monoisotopic (exact) mass is 196 g/mol. The van der Waals surface area contributed by atoms with Gasteiger partial charge in [-0.25, -0.2) is 4.98 Å². The zero-order valence-corrected chi connectivity index (χ0v) is 8.60. The predicted molar refractivity (Wildman–Crippen MR) is 53.0 cm³/mol. The lowest BCUT2D eigenvalue weighted by molar-refractivity contribution is -0.141. The molecule has 1 unspecified atom stereocenters.